The summed E-state index contributed by atoms with van der Waals surface area (Å²) >= 11 is 0.988. The minimum Gasteiger partial charge on any atom is -0.497 e. The lowest BCUT2D eigenvalue weighted by Crippen LogP contribution is -2.12. The molecule has 0 bridgehead atoms. The van der Waals surface area contributed by atoms with Crippen LogP contribution < -0.4 is 14.8 Å². The lowest BCUT2D eigenvalue weighted by molar-refractivity contribution is 0.102. The Morgan fingerprint density at radius 2 is 1.76 bits per heavy atom. The van der Waals surface area contributed by atoms with Gasteiger partial charge >= 0.3 is 0 Å². The number of methoxy groups -OCH3 is 1. The van der Waals surface area contributed by atoms with E-state index < -0.39 is 10.0 Å². The fourth-order valence-corrected chi connectivity index (χ4v) is 4.73. The van der Waals surface area contributed by atoms with Crippen molar-refractivity contribution in [2.45, 2.75) is 25.7 Å². The zero-order valence-electron chi connectivity index (χ0n) is 16.4. The molecule has 2 N–H and O–H groups in total. The molecule has 2 aromatic carbocycles. The third-order valence-corrected chi connectivity index (χ3v) is 6.79. The molecule has 0 aliphatic carbocycles. The van der Waals surface area contributed by atoms with Gasteiger partial charge in [0, 0.05) is 5.69 Å². The number of benzene rings is 2. The predicted octanol–water partition coefficient (Wildman–Crippen LogP) is 4.13. The molecule has 0 saturated heterocycles. The SMILES string of the molecule is COc1ccc(S(=O)(=O)Nc2nc(C)c(C(=O)Nc3cc(C)ccc3C)s2)cc1. The third-order valence-electron chi connectivity index (χ3n) is 4.24. The van der Waals surface area contributed by atoms with Crippen LogP contribution in [0, 0.1) is 20.8 Å². The Hall–Kier alpha value is -2.91. The van der Waals surface area contributed by atoms with Gasteiger partial charge in [-0.2, -0.15) is 0 Å². The van der Waals surface area contributed by atoms with Crippen molar-refractivity contribution in [2.24, 2.45) is 0 Å². The molecule has 7 nitrogen and oxygen atoms in total. The van der Waals surface area contributed by atoms with E-state index in [0.29, 0.717) is 22.0 Å². The fraction of sp³-hybridized carbons (Fsp3) is 0.200. The zero-order chi connectivity index (χ0) is 21.2. The van der Waals surface area contributed by atoms with Crippen molar-refractivity contribution in [3.05, 3.63) is 64.2 Å². The quantitative estimate of drug-likeness (QED) is 0.612. The van der Waals surface area contributed by atoms with Gasteiger partial charge in [0.1, 0.15) is 10.6 Å². The Balaban J connectivity index is 1.80. The first-order valence-corrected chi connectivity index (χ1v) is 11.0. The summed E-state index contributed by atoms with van der Waals surface area (Å²) in [5.41, 5.74) is 3.12. The summed E-state index contributed by atoms with van der Waals surface area (Å²) in [6.07, 6.45) is 0. The molecule has 0 spiro atoms. The molecule has 9 heteroatoms. The molecule has 29 heavy (non-hydrogen) atoms. The van der Waals surface area contributed by atoms with Crippen molar-refractivity contribution in [2.75, 3.05) is 17.1 Å². The van der Waals surface area contributed by atoms with Crippen LogP contribution in [-0.2, 0) is 10.0 Å². The van der Waals surface area contributed by atoms with Gasteiger partial charge in [-0.3, -0.25) is 9.52 Å². The Morgan fingerprint density at radius 1 is 1.07 bits per heavy atom. The van der Waals surface area contributed by atoms with Gasteiger partial charge in [0.25, 0.3) is 15.9 Å². The smallest absolute Gasteiger partial charge is 0.267 e. The average molecular weight is 432 g/mol. The second-order valence-corrected chi connectivity index (χ2v) is 9.17. The lowest BCUT2D eigenvalue weighted by atomic mass is 10.1. The molecule has 0 aliphatic rings. The van der Waals surface area contributed by atoms with Gasteiger partial charge in [0.2, 0.25) is 0 Å². The van der Waals surface area contributed by atoms with Gasteiger partial charge in [-0.05, 0) is 62.2 Å². The van der Waals surface area contributed by atoms with Gasteiger partial charge in [-0.15, -0.1) is 0 Å². The van der Waals surface area contributed by atoms with Crippen LogP contribution in [0.3, 0.4) is 0 Å². The van der Waals surface area contributed by atoms with Gasteiger partial charge in [0.05, 0.1) is 17.7 Å². The number of thiazole rings is 1. The van der Waals surface area contributed by atoms with E-state index in [1.54, 1.807) is 19.1 Å². The van der Waals surface area contributed by atoms with E-state index in [1.165, 1.54) is 19.2 Å². The van der Waals surface area contributed by atoms with Crippen molar-refractivity contribution in [3.63, 3.8) is 0 Å². The Labute approximate surface area is 173 Å². The number of nitrogens with one attached hydrogen (secondary N) is 2. The fourth-order valence-electron chi connectivity index (χ4n) is 2.63. The van der Waals surface area contributed by atoms with Gasteiger partial charge in [-0.1, -0.05) is 23.5 Å². The monoisotopic (exact) mass is 431 g/mol. The summed E-state index contributed by atoms with van der Waals surface area (Å²) in [6, 6.07) is 11.8. The first-order chi connectivity index (χ1) is 13.7. The number of amides is 1. The number of hydrogen-bond acceptors (Lipinski definition) is 6. The first-order valence-electron chi connectivity index (χ1n) is 8.72. The molecule has 1 aromatic heterocycles. The first kappa shape index (κ1) is 20.8. The number of ether oxygens (including phenoxy) is 1. The van der Waals surface area contributed by atoms with Crippen LogP contribution in [0.25, 0.3) is 0 Å². The third kappa shape index (κ3) is 4.75. The molecule has 0 fully saturated rings. The highest BCUT2D eigenvalue weighted by Crippen LogP contribution is 2.27. The van der Waals surface area contributed by atoms with E-state index in [4.69, 9.17) is 4.74 Å². The minimum atomic E-state index is -3.83. The maximum atomic E-state index is 12.7. The van der Waals surface area contributed by atoms with Crippen molar-refractivity contribution in [1.29, 1.82) is 0 Å². The standard InChI is InChI=1S/C20H21N3O4S2/c1-12-5-6-13(2)17(11-12)22-19(24)18-14(3)21-20(28-18)23-29(25,26)16-9-7-15(27-4)8-10-16/h5-11H,1-4H3,(H,21,23)(H,22,24). The number of carbonyl (C=O) groups is 1. The topological polar surface area (TPSA) is 97.4 Å². The van der Waals surface area contributed by atoms with Crippen LogP contribution in [0.1, 0.15) is 26.5 Å². The number of rotatable bonds is 6. The van der Waals surface area contributed by atoms with E-state index >= 15 is 0 Å². The number of aromatic nitrogens is 1. The van der Waals surface area contributed by atoms with Crippen LogP contribution in [-0.4, -0.2) is 26.4 Å². The molecule has 0 unspecified atom stereocenters. The van der Waals surface area contributed by atoms with E-state index in [1.807, 2.05) is 32.0 Å². The molecule has 1 heterocycles. The van der Waals surface area contributed by atoms with Crippen LogP contribution in [0.2, 0.25) is 0 Å². The summed E-state index contributed by atoms with van der Waals surface area (Å²) in [5.74, 6) is 0.225. The molecule has 3 aromatic rings. The molecule has 0 atom stereocenters. The summed E-state index contributed by atoms with van der Waals surface area (Å²) in [6.45, 7) is 5.52. The number of carbonyl (C=O) groups excluding carboxylic acids is 1. The summed E-state index contributed by atoms with van der Waals surface area (Å²) < 4.78 is 32.6. The number of nitrogens with zero attached hydrogens (tertiary/aromatic N) is 1. The van der Waals surface area contributed by atoms with Crippen molar-refractivity contribution >= 4 is 38.1 Å². The molecule has 152 valence electrons. The Kier molecular flexibility index (Phi) is 5.90. The van der Waals surface area contributed by atoms with Crippen molar-refractivity contribution in [1.82, 2.24) is 4.98 Å². The van der Waals surface area contributed by atoms with Crippen molar-refractivity contribution in [3.8, 4) is 5.75 Å². The van der Waals surface area contributed by atoms with E-state index in [-0.39, 0.29) is 15.9 Å². The average Bonchev–Trinajstić information content (AvgIpc) is 3.04. The van der Waals surface area contributed by atoms with Crippen LogP contribution in [0.4, 0.5) is 10.8 Å². The minimum absolute atomic E-state index is 0.0764. The Morgan fingerprint density at radius 3 is 2.41 bits per heavy atom. The number of hydrogen-bond donors (Lipinski definition) is 2. The van der Waals surface area contributed by atoms with Crippen molar-refractivity contribution < 1.29 is 17.9 Å². The molecule has 0 radical (unpaired) electrons. The highest BCUT2D eigenvalue weighted by Gasteiger charge is 2.21. The largest absolute Gasteiger partial charge is 0.497 e. The summed E-state index contributed by atoms with van der Waals surface area (Å²) in [4.78, 5) is 17.3. The zero-order valence-corrected chi connectivity index (χ0v) is 18.1. The second kappa shape index (κ2) is 8.22. The maximum absolute atomic E-state index is 12.7. The van der Waals surface area contributed by atoms with Crippen LogP contribution in [0.5, 0.6) is 5.75 Å². The molecular formula is C20H21N3O4S2. The second-order valence-electron chi connectivity index (χ2n) is 6.49. The van der Waals surface area contributed by atoms with Gasteiger partial charge < -0.3 is 10.1 Å². The highest BCUT2D eigenvalue weighted by atomic mass is 32.2. The lowest BCUT2D eigenvalue weighted by Gasteiger charge is -2.08. The molecule has 0 saturated carbocycles. The number of sulfonamides is 1. The molecule has 0 aliphatic heterocycles. The normalized spacial score (nSPS) is 11.2. The maximum Gasteiger partial charge on any atom is 0.267 e. The Bertz CT molecular complexity index is 1150. The van der Waals surface area contributed by atoms with E-state index in [0.717, 1.165) is 22.5 Å². The highest BCUT2D eigenvalue weighted by molar-refractivity contribution is 7.93. The molecule has 1 amide bonds. The van der Waals surface area contributed by atoms with Crippen LogP contribution in [0.15, 0.2) is 47.4 Å². The van der Waals surface area contributed by atoms with Crippen LogP contribution >= 0.6 is 11.3 Å². The molecular weight excluding hydrogens is 410 g/mol. The number of aryl methyl sites for hydroxylation is 3. The van der Waals surface area contributed by atoms with E-state index in [9.17, 15) is 13.2 Å². The van der Waals surface area contributed by atoms with Gasteiger partial charge in [0.15, 0.2) is 5.13 Å². The van der Waals surface area contributed by atoms with Gasteiger partial charge in [-0.25, -0.2) is 13.4 Å². The molecule has 3 rings (SSSR count). The van der Waals surface area contributed by atoms with E-state index in [2.05, 4.69) is 15.0 Å². The number of anilines is 2. The summed E-state index contributed by atoms with van der Waals surface area (Å²) in [7, 11) is -2.32. The summed E-state index contributed by atoms with van der Waals surface area (Å²) in [5, 5.41) is 3.00. The predicted molar refractivity (Wildman–Crippen MR) is 115 cm³/mol.